The highest BCUT2D eigenvalue weighted by atomic mass is 14.9. The zero-order valence-electron chi connectivity index (χ0n) is 11.8. The zero-order valence-corrected chi connectivity index (χ0v) is 11.8. The van der Waals surface area contributed by atoms with Crippen LogP contribution in [0.3, 0.4) is 0 Å². The van der Waals surface area contributed by atoms with Crippen molar-refractivity contribution < 1.29 is 0 Å². The summed E-state index contributed by atoms with van der Waals surface area (Å²) in [5, 5.41) is 4.88. The topological polar surface area (TPSA) is 24.9 Å². The first kappa shape index (κ1) is 12.6. The molecular weight excluding hydrogens is 232 g/mol. The maximum atomic E-state index is 4.57. The average molecular weight is 254 g/mol. The first-order valence-electron chi connectivity index (χ1n) is 7.32. The van der Waals surface area contributed by atoms with E-state index in [0.29, 0.717) is 11.8 Å². The lowest BCUT2D eigenvalue weighted by molar-refractivity contribution is 0.447. The molecule has 1 aromatic heterocycles. The molecule has 2 aromatic rings. The van der Waals surface area contributed by atoms with Gasteiger partial charge in [0.25, 0.3) is 0 Å². The number of hydrogen-bond donors (Lipinski definition) is 1. The highest BCUT2D eigenvalue weighted by molar-refractivity contribution is 5.82. The van der Waals surface area contributed by atoms with Gasteiger partial charge in [-0.2, -0.15) is 0 Å². The maximum Gasteiger partial charge on any atom is 0.0736 e. The molecule has 3 rings (SSSR count). The minimum atomic E-state index is 0.532. The van der Waals surface area contributed by atoms with Gasteiger partial charge in [-0.15, -0.1) is 0 Å². The molecule has 0 saturated heterocycles. The summed E-state index contributed by atoms with van der Waals surface area (Å²) in [5.74, 6) is 1.16. The van der Waals surface area contributed by atoms with E-state index in [0.717, 1.165) is 18.1 Å². The number of rotatable bonds is 5. The molecule has 2 nitrogen and oxygen atoms in total. The second-order valence-corrected chi connectivity index (χ2v) is 5.87. The summed E-state index contributed by atoms with van der Waals surface area (Å²) in [5.41, 5.74) is 2.54. The Morgan fingerprint density at radius 2 is 2.00 bits per heavy atom. The molecule has 0 radical (unpaired) electrons. The van der Waals surface area contributed by atoms with Gasteiger partial charge in [0.05, 0.1) is 5.52 Å². The Bertz CT molecular complexity index is 555. The number of nitrogens with zero attached hydrogens (tertiary/aromatic N) is 1. The second kappa shape index (κ2) is 5.30. The van der Waals surface area contributed by atoms with E-state index < -0.39 is 0 Å². The van der Waals surface area contributed by atoms with E-state index >= 15 is 0 Å². The molecule has 1 aliphatic rings. The van der Waals surface area contributed by atoms with Gasteiger partial charge < -0.3 is 5.32 Å². The number of pyridine rings is 1. The van der Waals surface area contributed by atoms with Gasteiger partial charge in [-0.1, -0.05) is 38.1 Å². The van der Waals surface area contributed by atoms with Gasteiger partial charge >= 0.3 is 0 Å². The molecule has 1 aromatic carbocycles. The Labute approximate surface area is 115 Å². The second-order valence-electron chi connectivity index (χ2n) is 5.87. The Morgan fingerprint density at radius 1 is 1.21 bits per heavy atom. The molecule has 2 unspecified atom stereocenters. The molecule has 0 spiro atoms. The van der Waals surface area contributed by atoms with Crippen molar-refractivity contribution in [2.24, 2.45) is 5.92 Å². The van der Waals surface area contributed by atoms with Crippen LogP contribution in [0.15, 0.2) is 36.5 Å². The highest BCUT2D eigenvalue weighted by Gasteiger charge is 2.23. The van der Waals surface area contributed by atoms with Crippen molar-refractivity contribution in [2.45, 2.75) is 38.6 Å². The van der Waals surface area contributed by atoms with Crippen LogP contribution in [0.2, 0.25) is 0 Å². The summed E-state index contributed by atoms with van der Waals surface area (Å²) in [7, 11) is 0. The summed E-state index contributed by atoms with van der Waals surface area (Å²) in [6.07, 6.45) is 4.61. The first-order chi connectivity index (χ1) is 9.25. The molecule has 1 saturated carbocycles. The van der Waals surface area contributed by atoms with E-state index in [1.807, 2.05) is 12.3 Å². The average Bonchev–Trinajstić information content (AvgIpc) is 3.27. The fraction of sp³-hybridized carbons (Fsp3) is 0.471. The first-order valence-corrected chi connectivity index (χ1v) is 7.32. The molecule has 19 heavy (non-hydrogen) atoms. The summed E-state index contributed by atoms with van der Waals surface area (Å²) in [4.78, 5) is 4.57. The molecule has 1 aliphatic carbocycles. The van der Waals surface area contributed by atoms with Crippen LogP contribution in [0, 0.1) is 5.92 Å². The Morgan fingerprint density at radius 3 is 2.79 bits per heavy atom. The van der Waals surface area contributed by atoms with E-state index in [2.05, 4.69) is 48.4 Å². The standard InChI is InChI=1S/C17H22N2/c1-12(11-19-15-8-9-15)13(2)16-7-3-5-14-6-4-10-18-17(14)16/h3-7,10,12-13,15,19H,8-9,11H2,1-2H3. The normalized spacial score (nSPS) is 18.4. The van der Waals surface area contributed by atoms with Gasteiger partial charge in [0.2, 0.25) is 0 Å². The number of benzene rings is 1. The number of hydrogen-bond acceptors (Lipinski definition) is 2. The van der Waals surface area contributed by atoms with Crippen LogP contribution in [-0.2, 0) is 0 Å². The lowest BCUT2D eigenvalue weighted by Gasteiger charge is -2.22. The largest absolute Gasteiger partial charge is 0.314 e. The fourth-order valence-corrected chi connectivity index (χ4v) is 2.62. The predicted molar refractivity (Wildman–Crippen MR) is 80.3 cm³/mol. The summed E-state index contributed by atoms with van der Waals surface area (Å²) < 4.78 is 0. The molecule has 1 heterocycles. The van der Waals surface area contributed by atoms with E-state index in [-0.39, 0.29) is 0 Å². The molecule has 100 valence electrons. The van der Waals surface area contributed by atoms with Crippen LogP contribution in [0.25, 0.3) is 10.9 Å². The number of nitrogens with one attached hydrogen (secondary N) is 1. The van der Waals surface area contributed by atoms with Crippen molar-refractivity contribution >= 4 is 10.9 Å². The Kier molecular flexibility index (Phi) is 3.52. The maximum absolute atomic E-state index is 4.57. The quantitative estimate of drug-likeness (QED) is 0.879. The Hall–Kier alpha value is -1.41. The van der Waals surface area contributed by atoms with Gasteiger partial charge in [0, 0.05) is 17.6 Å². The van der Waals surface area contributed by atoms with Gasteiger partial charge in [0.15, 0.2) is 0 Å². The molecular formula is C17H22N2. The smallest absolute Gasteiger partial charge is 0.0736 e. The molecule has 1 fully saturated rings. The van der Waals surface area contributed by atoms with Crippen molar-refractivity contribution in [3.05, 3.63) is 42.1 Å². The molecule has 2 atom stereocenters. The van der Waals surface area contributed by atoms with E-state index in [4.69, 9.17) is 0 Å². The molecule has 0 bridgehead atoms. The third-order valence-electron chi connectivity index (χ3n) is 4.31. The summed E-state index contributed by atoms with van der Waals surface area (Å²) in [6, 6.07) is 11.5. The van der Waals surface area contributed by atoms with Crippen LogP contribution >= 0.6 is 0 Å². The van der Waals surface area contributed by atoms with Crippen LogP contribution in [0.5, 0.6) is 0 Å². The molecule has 1 N–H and O–H groups in total. The third-order valence-corrected chi connectivity index (χ3v) is 4.31. The van der Waals surface area contributed by atoms with Crippen LogP contribution < -0.4 is 5.32 Å². The fourth-order valence-electron chi connectivity index (χ4n) is 2.62. The number of para-hydroxylation sites is 1. The van der Waals surface area contributed by atoms with Crippen molar-refractivity contribution in [1.82, 2.24) is 10.3 Å². The van der Waals surface area contributed by atoms with Gasteiger partial charge in [-0.05, 0) is 42.9 Å². The Balaban J connectivity index is 1.81. The van der Waals surface area contributed by atoms with Crippen molar-refractivity contribution in [3.63, 3.8) is 0 Å². The molecule has 0 aliphatic heterocycles. The van der Waals surface area contributed by atoms with E-state index in [1.54, 1.807) is 0 Å². The van der Waals surface area contributed by atoms with Crippen molar-refractivity contribution in [3.8, 4) is 0 Å². The van der Waals surface area contributed by atoms with Gasteiger partial charge in [-0.3, -0.25) is 4.98 Å². The molecule has 0 amide bonds. The van der Waals surface area contributed by atoms with Gasteiger partial charge in [-0.25, -0.2) is 0 Å². The third kappa shape index (κ3) is 2.79. The molecule has 2 heteroatoms. The van der Waals surface area contributed by atoms with Crippen LogP contribution in [-0.4, -0.2) is 17.6 Å². The van der Waals surface area contributed by atoms with Crippen LogP contribution in [0.1, 0.15) is 38.2 Å². The van der Waals surface area contributed by atoms with Crippen molar-refractivity contribution in [2.75, 3.05) is 6.54 Å². The lowest BCUT2D eigenvalue weighted by atomic mass is 9.87. The zero-order chi connectivity index (χ0) is 13.2. The minimum Gasteiger partial charge on any atom is -0.314 e. The highest BCUT2D eigenvalue weighted by Crippen LogP contribution is 2.29. The van der Waals surface area contributed by atoms with E-state index in [9.17, 15) is 0 Å². The summed E-state index contributed by atoms with van der Waals surface area (Å²) in [6.45, 7) is 5.76. The number of fused-ring (bicyclic) bond motifs is 1. The van der Waals surface area contributed by atoms with E-state index in [1.165, 1.54) is 23.8 Å². The minimum absolute atomic E-state index is 0.532. The lowest BCUT2D eigenvalue weighted by Crippen LogP contribution is -2.26. The predicted octanol–water partition coefficient (Wildman–Crippen LogP) is 3.73. The SMILES string of the molecule is CC(CNC1CC1)C(C)c1cccc2cccnc12. The number of aromatic nitrogens is 1. The van der Waals surface area contributed by atoms with Crippen molar-refractivity contribution in [1.29, 1.82) is 0 Å². The van der Waals surface area contributed by atoms with Gasteiger partial charge in [0.1, 0.15) is 0 Å². The monoisotopic (exact) mass is 254 g/mol. The summed E-state index contributed by atoms with van der Waals surface area (Å²) >= 11 is 0. The van der Waals surface area contributed by atoms with Crippen LogP contribution in [0.4, 0.5) is 0 Å².